The van der Waals surface area contributed by atoms with Gasteiger partial charge in [-0.1, -0.05) is 0 Å². The van der Waals surface area contributed by atoms with Crippen molar-refractivity contribution in [2.75, 3.05) is 6.54 Å². The van der Waals surface area contributed by atoms with E-state index < -0.39 is 0 Å². The van der Waals surface area contributed by atoms with Crippen LogP contribution in [0.1, 0.15) is 17.7 Å². The first-order valence-electron chi connectivity index (χ1n) is 5.55. The molecule has 0 radical (unpaired) electrons. The molecule has 2 rings (SSSR count). The molecular weight excluding hydrogens is 238 g/mol. The Hall–Kier alpha value is -1.26. The van der Waals surface area contributed by atoms with Crippen LogP contribution in [0.3, 0.4) is 0 Å². The van der Waals surface area contributed by atoms with E-state index in [2.05, 4.69) is 16.6 Å². The number of hydrogen-bond donors (Lipinski definition) is 1. The fourth-order valence-corrected chi connectivity index (χ4v) is 1.64. The highest BCUT2D eigenvalue weighted by Gasteiger charge is 1.97. The van der Waals surface area contributed by atoms with E-state index in [-0.39, 0.29) is 12.4 Å². The summed E-state index contributed by atoms with van der Waals surface area (Å²) in [6.45, 7) is 1.80. The van der Waals surface area contributed by atoms with Gasteiger partial charge in [0.2, 0.25) is 0 Å². The molecule has 94 valence electrons. The number of hydrogen-bond acceptors (Lipinski definition) is 3. The molecule has 4 nitrogen and oxygen atoms in total. The number of aromatic nitrogens is 2. The van der Waals surface area contributed by atoms with Crippen molar-refractivity contribution in [3.63, 3.8) is 0 Å². The summed E-state index contributed by atoms with van der Waals surface area (Å²) < 4.78 is 7.06. The van der Waals surface area contributed by atoms with Gasteiger partial charge in [0.1, 0.15) is 5.76 Å². The lowest BCUT2D eigenvalue weighted by molar-refractivity contribution is 0.481. The van der Waals surface area contributed by atoms with E-state index >= 15 is 0 Å². The predicted octanol–water partition coefficient (Wildman–Crippen LogP) is 2.16. The zero-order valence-electron chi connectivity index (χ0n) is 9.93. The third-order valence-corrected chi connectivity index (χ3v) is 2.46. The lowest BCUT2D eigenvalue weighted by atomic mass is 10.2. The minimum absolute atomic E-state index is 0. The van der Waals surface area contributed by atoms with Crippen LogP contribution in [0, 0.1) is 0 Å². The summed E-state index contributed by atoms with van der Waals surface area (Å²) in [7, 11) is 1.94. The molecule has 0 aliphatic heterocycles. The Morgan fingerprint density at radius 3 is 3.00 bits per heavy atom. The van der Waals surface area contributed by atoms with Crippen molar-refractivity contribution in [3.05, 3.63) is 42.1 Å². The molecule has 0 aromatic carbocycles. The molecule has 0 aliphatic rings. The molecule has 1 N–H and O–H groups in total. The number of aryl methyl sites for hydroxylation is 2. The summed E-state index contributed by atoms with van der Waals surface area (Å²) in [6, 6.07) is 3.89. The SMILES string of the molecule is Cl.Cn1cc(CCCNCc2ccco2)cn1. The molecule has 0 aliphatic carbocycles. The topological polar surface area (TPSA) is 43.0 Å². The molecule has 2 aromatic heterocycles. The quantitative estimate of drug-likeness (QED) is 0.805. The van der Waals surface area contributed by atoms with Crippen LogP contribution in [0.25, 0.3) is 0 Å². The maximum Gasteiger partial charge on any atom is 0.117 e. The van der Waals surface area contributed by atoms with Crippen molar-refractivity contribution < 1.29 is 4.42 Å². The number of nitrogens with one attached hydrogen (secondary N) is 1. The van der Waals surface area contributed by atoms with Gasteiger partial charge < -0.3 is 9.73 Å². The summed E-state index contributed by atoms with van der Waals surface area (Å²) in [6.07, 6.45) is 7.87. The average molecular weight is 256 g/mol. The van der Waals surface area contributed by atoms with Gasteiger partial charge in [-0.3, -0.25) is 4.68 Å². The van der Waals surface area contributed by atoms with Gasteiger partial charge >= 0.3 is 0 Å². The van der Waals surface area contributed by atoms with E-state index in [4.69, 9.17) is 4.42 Å². The number of rotatable bonds is 6. The minimum Gasteiger partial charge on any atom is -0.468 e. The molecule has 0 saturated carbocycles. The Morgan fingerprint density at radius 1 is 1.47 bits per heavy atom. The van der Waals surface area contributed by atoms with Gasteiger partial charge in [-0.2, -0.15) is 5.10 Å². The summed E-state index contributed by atoms with van der Waals surface area (Å²) in [4.78, 5) is 0. The first kappa shape index (κ1) is 13.8. The van der Waals surface area contributed by atoms with Crippen molar-refractivity contribution >= 4 is 12.4 Å². The van der Waals surface area contributed by atoms with Gasteiger partial charge in [0, 0.05) is 13.2 Å². The molecule has 2 heterocycles. The van der Waals surface area contributed by atoms with E-state index in [9.17, 15) is 0 Å². The van der Waals surface area contributed by atoms with Crippen molar-refractivity contribution in [3.8, 4) is 0 Å². The lowest BCUT2D eigenvalue weighted by Crippen LogP contribution is -2.14. The van der Waals surface area contributed by atoms with Gasteiger partial charge in [-0.05, 0) is 37.1 Å². The van der Waals surface area contributed by atoms with E-state index in [1.54, 1.807) is 6.26 Å². The monoisotopic (exact) mass is 255 g/mol. The molecule has 0 fully saturated rings. The van der Waals surface area contributed by atoms with Crippen molar-refractivity contribution in [2.24, 2.45) is 7.05 Å². The average Bonchev–Trinajstić information content (AvgIpc) is 2.89. The Kier molecular flexibility index (Phi) is 5.80. The van der Waals surface area contributed by atoms with Crippen LogP contribution in [-0.4, -0.2) is 16.3 Å². The second kappa shape index (κ2) is 7.14. The normalized spacial score (nSPS) is 10.2. The zero-order chi connectivity index (χ0) is 11.2. The van der Waals surface area contributed by atoms with Gasteiger partial charge in [0.05, 0.1) is 19.0 Å². The third-order valence-electron chi connectivity index (χ3n) is 2.46. The Morgan fingerprint density at radius 2 is 2.35 bits per heavy atom. The summed E-state index contributed by atoms with van der Waals surface area (Å²) in [5.41, 5.74) is 1.29. The van der Waals surface area contributed by atoms with Crippen LogP contribution in [0.2, 0.25) is 0 Å². The molecule has 0 atom stereocenters. The first-order valence-corrected chi connectivity index (χ1v) is 5.55. The molecule has 0 saturated heterocycles. The van der Waals surface area contributed by atoms with E-state index in [0.29, 0.717) is 0 Å². The van der Waals surface area contributed by atoms with Gasteiger partial charge in [-0.15, -0.1) is 12.4 Å². The largest absolute Gasteiger partial charge is 0.468 e. The second-order valence-corrected chi connectivity index (χ2v) is 3.88. The van der Waals surface area contributed by atoms with Crippen molar-refractivity contribution in [1.82, 2.24) is 15.1 Å². The molecule has 0 bridgehead atoms. The fraction of sp³-hybridized carbons (Fsp3) is 0.417. The molecule has 17 heavy (non-hydrogen) atoms. The van der Waals surface area contributed by atoms with Crippen LogP contribution in [-0.2, 0) is 20.0 Å². The van der Waals surface area contributed by atoms with Crippen molar-refractivity contribution in [2.45, 2.75) is 19.4 Å². The smallest absolute Gasteiger partial charge is 0.117 e. The Labute approximate surface area is 107 Å². The highest BCUT2D eigenvalue weighted by Crippen LogP contribution is 2.01. The van der Waals surface area contributed by atoms with Crippen LogP contribution in [0.15, 0.2) is 35.2 Å². The van der Waals surface area contributed by atoms with Crippen LogP contribution >= 0.6 is 12.4 Å². The van der Waals surface area contributed by atoms with Gasteiger partial charge in [0.15, 0.2) is 0 Å². The van der Waals surface area contributed by atoms with Crippen LogP contribution in [0.4, 0.5) is 0 Å². The van der Waals surface area contributed by atoms with Crippen LogP contribution < -0.4 is 5.32 Å². The fourth-order valence-electron chi connectivity index (χ4n) is 1.64. The second-order valence-electron chi connectivity index (χ2n) is 3.88. The molecule has 0 amide bonds. The highest BCUT2D eigenvalue weighted by molar-refractivity contribution is 5.85. The van der Waals surface area contributed by atoms with Gasteiger partial charge in [0.25, 0.3) is 0 Å². The number of halogens is 1. The summed E-state index contributed by atoms with van der Waals surface area (Å²) in [5, 5.41) is 7.48. The van der Waals surface area contributed by atoms with E-state index in [1.165, 1.54) is 5.56 Å². The molecule has 2 aromatic rings. The zero-order valence-corrected chi connectivity index (χ0v) is 10.7. The lowest BCUT2D eigenvalue weighted by Gasteiger charge is -2.01. The van der Waals surface area contributed by atoms with E-state index in [1.807, 2.05) is 30.1 Å². The first-order chi connectivity index (χ1) is 7.84. The number of nitrogens with zero attached hydrogens (tertiary/aromatic N) is 2. The maximum atomic E-state index is 5.23. The van der Waals surface area contributed by atoms with Crippen LogP contribution in [0.5, 0.6) is 0 Å². The molecular formula is C12H18ClN3O. The van der Waals surface area contributed by atoms with E-state index in [0.717, 1.165) is 31.7 Å². The predicted molar refractivity (Wildman–Crippen MR) is 69.2 cm³/mol. The number of furan rings is 1. The minimum atomic E-state index is 0. The van der Waals surface area contributed by atoms with Crippen molar-refractivity contribution in [1.29, 1.82) is 0 Å². The Balaban J connectivity index is 0.00000144. The Bertz CT molecular complexity index is 411. The standard InChI is InChI=1S/C12H17N3O.ClH/c1-15-10-11(8-14-15)4-2-6-13-9-12-5-3-7-16-12;/h3,5,7-8,10,13H,2,4,6,9H2,1H3;1H. The van der Waals surface area contributed by atoms with Gasteiger partial charge in [-0.25, -0.2) is 0 Å². The maximum absolute atomic E-state index is 5.23. The molecule has 0 spiro atoms. The summed E-state index contributed by atoms with van der Waals surface area (Å²) >= 11 is 0. The molecule has 0 unspecified atom stereocenters. The third kappa shape index (κ3) is 4.63. The summed E-state index contributed by atoms with van der Waals surface area (Å²) in [5.74, 6) is 0.987. The molecule has 5 heteroatoms. The highest BCUT2D eigenvalue weighted by atomic mass is 35.5.